The van der Waals surface area contributed by atoms with Gasteiger partial charge in [0, 0.05) is 18.3 Å². The van der Waals surface area contributed by atoms with Crippen LogP contribution < -0.4 is 20.1 Å². The van der Waals surface area contributed by atoms with Crippen LogP contribution in [0.4, 0.5) is 11.4 Å². The molecule has 0 aliphatic rings. The molecule has 30 heavy (non-hydrogen) atoms. The molecule has 0 atom stereocenters. The van der Waals surface area contributed by atoms with Gasteiger partial charge >= 0.3 is 5.97 Å². The normalized spacial score (nSPS) is 10.6. The number of rotatable bonds is 8. The summed E-state index contributed by atoms with van der Waals surface area (Å²) in [5.41, 5.74) is 0.616. The highest BCUT2D eigenvalue weighted by Crippen LogP contribution is 2.36. The third-order valence-corrected chi connectivity index (χ3v) is 4.18. The summed E-state index contributed by atoms with van der Waals surface area (Å²) >= 11 is 6.07. The minimum Gasteiger partial charge on any atom is -0.495 e. The van der Waals surface area contributed by atoms with Crippen molar-refractivity contribution in [2.75, 3.05) is 31.5 Å². The van der Waals surface area contributed by atoms with Crippen LogP contribution in [0.15, 0.2) is 48.2 Å². The van der Waals surface area contributed by atoms with E-state index in [4.69, 9.17) is 25.8 Å². The van der Waals surface area contributed by atoms with Crippen LogP contribution in [0.25, 0.3) is 0 Å². The topological polar surface area (TPSA) is 110 Å². The van der Waals surface area contributed by atoms with Crippen molar-refractivity contribution in [3.8, 4) is 17.6 Å². The van der Waals surface area contributed by atoms with Crippen LogP contribution >= 0.6 is 11.6 Å². The van der Waals surface area contributed by atoms with Gasteiger partial charge in [-0.1, -0.05) is 23.7 Å². The summed E-state index contributed by atoms with van der Waals surface area (Å²) in [7, 11) is 2.92. The first kappa shape index (κ1) is 22.6. The van der Waals surface area contributed by atoms with Crippen LogP contribution in [0.1, 0.15) is 17.3 Å². The largest absolute Gasteiger partial charge is 0.495 e. The van der Waals surface area contributed by atoms with Gasteiger partial charge in [-0.3, -0.25) is 4.79 Å². The van der Waals surface area contributed by atoms with E-state index in [2.05, 4.69) is 10.6 Å². The van der Waals surface area contributed by atoms with Crippen LogP contribution in [0.2, 0.25) is 5.02 Å². The number of esters is 1. The second-order valence-electron chi connectivity index (χ2n) is 5.72. The SMILES string of the molecule is CCOC(=O)c1ccccc1NC(=O)/C(C#N)=C\Nc1cc(OC)c(Cl)cc1OC. The molecule has 0 heterocycles. The fraction of sp³-hybridized carbons (Fsp3) is 0.190. The summed E-state index contributed by atoms with van der Waals surface area (Å²) in [6.07, 6.45) is 1.22. The van der Waals surface area contributed by atoms with Crippen LogP contribution in [0, 0.1) is 11.3 Å². The lowest BCUT2D eigenvalue weighted by Crippen LogP contribution is -2.17. The molecule has 2 aromatic rings. The maximum atomic E-state index is 12.6. The smallest absolute Gasteiger partial charge is 0.340 e. The van der Waals surface area contributed by atoms with E-state index in [0.29, 0.717) is 22.2 Å². The number of carbonyl (C=O) groups excluding carboxylic acids is 2. The monoisotopic (exact) mass is 429 g/mol. The number of ether oxygens (including phenoxy) is 3. The summed E-state index contributed by atoms with van der Waals surface area (Å²) in [5, 5.41) is 15.1. The van der Waals surface area contributed by atoms with Crippen molar-refractivity contribution in [3.63, 3.8) is 0 Å². The molecular weight excluding hydrogens is 410 g/mol. The first-order valence-corrected chi connectivity index (χ1v) is 9.18. The lowest BCUT2D eigenvalue weighted by molar-refractivity contribution is -0.112. The Balaban J connectivity index is 2.25. The van der Waals surface area contributed by atoms with E-state index < -0.39 is 11.9 Å². The summed E-state index contributed by atoms with van der Waals surface area (Å²) in [5.74, 6) is -0.504. The van der Waals surface area contributed by atoms with Crippen molar-refractivity contribution in [3.05, 3.63) is 58.8 Å². The van der Waals surface area contributed by atoms with Crippen molar-refractivity contribution in [1.29, 1.82) is 5.26 Å². The van der Waals surface area contributed by atoms with E-state index in [9.17, 15) is 14.9 Å². The Morgan fingerprint density at radius 3 is 2.47 bits per heavy atom. The number of para-hydroxylation sites is 1. The zero-order valence-corrected chi connectivity index (χ0v) is 17.4. The summed E-state index contributed by atoms with van der Waals surface area (Å²) in [4.78, 5) is 24.6. The molecule has 0 aliphatic heterocycles. The molecule has 0 saturated carbocycles. The summed E-state index contributed by atoms with van der Waals surface area (Å²) in [6, 6.07) is 11.3. The lowest BCUT2D eigenvalue weighted by atomic mass is 10.1. The zero-order valence-electron chi connectivity index (χ0n) is 16.6. The maximum absolute atomic E-state index is 12.6. The molecule has 2 rings (SSSR count). The van der Waals surface area contributed by atoms with Gasteiger partial charge in [-0.15, -0.1) is 0 Å². The van der Waals surface area contributed by atoms with Crippen molar-refractivity contribution >= 4 is 34.9 Å². The maximum Gasteiger partial charge on any atom is 0.340 e. The van der Waals surface area contributed by atoms with Gasteiger partial charge in [0.15, 0.2) is 0 Å². The number of methoxy groups -OCH3 is 2. The van der Waals surface area contributed by atoms with Gasteiger partial charge in [0.05, 0.1) is 42.8 Å². The Bertz CT molecular complexity index is 1010. The van der Waals surface area contributed by atoms with Crippen LogP contribution in [-0.4, -0.2) is 32.7 Å². The molecule has 2 N–H and O–H groups in total. The first-order chi connectivity index (χ1) is 14.4. The summed E-state index contributed by atoms with van der Waals surface area (Å²) in [6.45, 7) is 1.88. The molecule has 0 saturated heterocycles. The number of hydrogen-bond donors (Lipinski definition) is 2. The first-order valence-electron chi connectivity index (χ1n) is 8.80. The number of nitriles is 1. The lowest BCUT2D eigenvalue weighted by Gasteiger charge is -2.12. The van der Waals surface area contributed by atoms with Crippen LogP contribution in [-0.2, 0) is 9.53 Å². The van der Waals surface area contributed by atoms with Gasteiger partial charge in [0.2, 0.25) is 0 Å². The second-order valence-corrected chi connectivity index (χ2v) is 6.13. The number of benzene rings is 2. The predicted molar refractivity (Wildman–Crippen MR) is 113 cm³/mol. The standard InChI is InChI=1S/C21H20ClN3O5/c1-4-30-21(27)14-7-5-6-8-16(14)25-20(26)13(11-23)12-24-17-10-18(28-2)15(22)9-19(17)29-3/h5-10,12,24H,4H2,1-3H3,(H,25,26)/b13-12-. The minimum atomic E-state index is -0.707. The number of anilines is 2. The molecule has 0 radical (unpaired) electrons. The van der Waals surface area contributed by atoms with E-state index in [1.165, 1.54) is 32.6 Å². The molecule has 156 valence electrons. The van der Waals surface area contributed by atoms with Gasteiger partial charge in [0.1, 0.15) is 23.1 Å². The highest BCUT2D eigenvalue weighted by Gasteiger charge is 2.17. The van der Waals surface area contributed by atoms with E-state index in [-0.39, 0.29) is 23.4 Å². The average molecular weight is 430 g/mol. The van der Waals surface area contributed by atoms with E-state index in [1.807, 2.05) is 6.07 Å². The van der Waals surface area contributed by atoms with Gasteiger partial charge in [-0.05, 0) is 19.1 Å². The molecule has 9 heteroatoms. The molecule has 2 aromatic carbocycles. The summed E-state index contributed by atoms with van der Waals surface area (Å²) < 4.78 is 15.4. The van der Waals surface area contributed by atoms with Gasteiger partial charge in [0.25, 0.3) is 5.91 Å². The Morgan fingerprint density at radius 2 is 1.83 bits per heavy atom. The minimum absolute atomic E-state index is 0.182. The molecule has 0 aromatic heterocycles. The van der Waals surface area contributed by atoms with Gasteiger partial charge in [-0.2, -0.15) is 5.26 Å². The molecule has 0 aliphatic carbocycles. The van der Waals surface area contributed by atoms with E-state index >= 15 is 0 Å². The molecule has 0 spiro atoms. The second kappa shape index (κ2) is 10.7. The number of hydrogen-bond acceptors (Lipinski definition) is 7. The average Bonchev–Trinajstić information content (AvgIpc) is 2.75. The predicted octanol–water partition coefficient (Wildman–Crippen LogP) is 3.99. The highest BCUT2D eigenvalue weighted by atomic mass is 35.5. The van der Waals surface area contributed by atoms with Crippen molar-refractivity contribution < 1.29 is 23.8 Å². The van der Waals surface area contributed by atoms with Crippen molar-refractivity contribution in [1.82, 2.24) is 0 Å². The van der Waals surface area contributed by atoms with Crippen molar-refractivity contribution in [2.45, 2.75) is 6.92 Å². The van der Waals surface area contributed by atoms with Gasteiger partial charge in [-0.25, -0.2) is 4.79 Å². The molecule has 8 nitrogen and oxygen atoms in total. The molecule has 1 amide bonds. The molecule has 0 unspecified atom stereocenters. The third-order valence-electron chi connectivity index (χ3n) is 3.88. The van der Waals surface area contributed by atoms with Crippen LogP contribution in [0.5, 0.6) is 11.5 Å². The Kier molecular flexibility index (Phi) is 8.08. The Labute approximate surface area is 179 Å². The number of carbonyl (C=O) groups is 2. The van der Waals surface area contributed by atoms with Gasteiger partial charge < -0.3 is 24.8 Å². The number of nitrogens with zero attached hydrogens (tertiary/aromatic N) is 1. The number of amides is 1. The molecule has 0 bridgehead atoms. The quantitative estimate of drug-likeness (QED) is 0.371. The molecular formula is C21H20ClN3O5. The number of nitrogens with one attached hydrogen (secondary N) is 2. The Morgan fingerprint density at radius 1 is 1.13 bits per heavy atom. The van der Waals surface area contributed by atoms with Crippen molar-refractivity contribution in [2.24, 2.45) is 0 Å². The molecule has 0 fully saturated rings. The van der Waals surface area contributed by atoms with E-state index in [0.717, 1.165) is 0 Å². The third kappa shape index (κ3) is 5.43. The van der Waals surface area contributed by atoms with Crippen LogP contribution in [0.3, 0.4) is 0 Å². The van der Waals surface area contributed by atoms with E-state index in [1.54, 1.807) is 31.2 Å². The fourth-order valence-electron chi connectivity index (χ4n) is 2.44. The Hall–Kier alpha value is -3.70. The number of halogens is 1. The highest BCUT2D eigenvalue weighted by molar-refractivity contribution is 6.32. The zero-order chi connectivity index (χ0) is 22.1. The fourth-order valence-corrected chi connectivity index (χ4v) is 2.67.